The van der Waals surface area contributed by atoms with Gasteiger partial charge in [-0.1, -0.05) is 0 Å². The number of nitrogens with one attached hydrogen (secondary N) is 1. The summed E-state index contributed by atoms with van der Waals surface area (Å²) in [6.07, 6.45) is -5.19. The molecule has 7 nitrogen and oxygen atoms in total. The Kier molecular flexibility index (Phi) is 7.22. The number of pyridine rings is 1. The molecular weight excluding hydrogens is 500 g/mol. The number of aromatic amines is 1. The normalized spacial score (nSPS) is 11.3. The number of aromatic nitrogens is 1. The first kappa shape index (κ1) is 26.4. The summed E-state index contributed by atoms with van der Waals surface area (Å²) in [7, 11) is 3.03. The van der Waals surface area contributed by atoms with Crippen molar-refractivity contribution in [1.29, 1.82) is 0 Å². The molecule has 0 spiro atoms. The molecule has 0 bridgehead atoms. The summed E-state index contributed by atoms with van der Waals surface area (Å²) in [6, 6.07) is 2.10. The number of methoxy groups -OCH3 is 3. The van der Waals surface area contributed by atoms with E-state index >= 15 is 0 Å². The number of carbonyl (C=O) groups excluding carboxylic acids is 1. The summed E-state index contributed by atoms with van der Waals surface area (Å²) < 4.78 is 103. The van der Waals surface area contributed by atoms with E-state index in [0.29, 0.717) is 12.1 Å². The Labute approximate surface area is 199 Å². The molecule has 1 aromatic heterocycles. The van der Waals surface area contributed by atoms with E-state index in [-0.39, 0.29) is 17.5 Å². The van der Waals surface area contributed by atoms with Gasteiger partial charge in [-0.05, 0) is 31.2 Å². The van der Waals surface area contributed by atoms with Crippen LogP contribution < -0.4 is 19.6 Å². The Morgan fingerprint density at radius 1 is 0.917 bits per heavy atom. The second kappa shape index (κ2) is 9.84. The lowest BCUT2D eigenvalue weighted by Gasteiger charge is -2.19. The Morgan fingerprint density at radius 3 is 2.11 bits per heavy atom. The summed E-state index contributed by atoms with van der Waals surface area (Å²) in [5, 5.41) is 0. The second-order valence-electron chi connectivity index (χ2n) is 7.17. The van der Waals surface area contributed by atoms with Crippen LogP contribution in [-0.4, -0.2) is 32.3 Å². The summed E-state index contributed by atoms with van der Waals surface area (Å²) in [4.78, 5) is 28.0. The Balaban J connectivity index is 2.42. The van der Waals surface area contributed by atoms with Crippen LogP contribution in [0.3, 0.4) is 0 Å². The van der Waals surface area contributed by atoms with E-state index in [0.717, 1.165) is 27.4 Å². The zero-order chi connectivity index (χ0) is 26.9. The molecule has 2 aromatic carbocycles. The van der Waals surface area contributed by atoms with Crippen LogP contribution in [0.15, 0.2) is 29.1 Å². The van der Waals surface area contributed by atoms with Gasteiger partial charge in [0.1, 0.15) is 17.1 Å². The van der Waals surface area contributed by atoms with E-state index in [1.807, 2.05) is 0 Å². The van der Waals surface area contributed by atoms with Gasteiger partial charge in [0.25, 0.3) is 0 Å². The summed E-state index contributed by atoms with van der Waals surface area (Å²) in [6.45, 7) is 1.35. The van der Waals surface area contributed by atoms with Crippen molar-refractivity contribution in [2.45, 2.75) is 13.1 Å². The minimum atomic E-state index is -5.19. The topological polar surface area (TPSA) is 86.8 Å². The van der Waals surface area contributed by atoms with E-state index in [9.17, 15) is 35.9 Å². The number of H-pyrrole nitrogens is 1. The maximum Gasteiger partial charge on any atom is 0.419 e. The smallest absolute Gasteiger partial charge is 0.419 e. The average molecular weight is 517 g/mol. The van der Waals surface area contributed by atoms with Crippen molar-refractivity contribution >= 4 is 5.97 Å². The van der Waals surface area contributed by atoms with Crippen LogP contribution in [-0.2, 0) is 10.9 Å². The first-order valence-electron chi connectivity index (χ1n) is 9.85. The minimum Gasteiger partial charge on any atom is -0.491 e. The first-order valence-corrected chi connectivity index (χ1v) is 9.85. The molecule has 0 aliphatic rings. The molecule has 0 aliphatic heterocycles. The molecule has 3 aromatic rings. The summed E-state index contributed by atoms with van der Waals surface area (Å²) in [5.74, 6) is -8.30. The van der Waals surface area contributed by atoms with E-state index in [1.165, 1.54) is 6.92 Å². The number of hydrogen-bond acceptors (Lipinski definition) is 6. The fraction of sp³-hybridized carbons (Fsp3) is 0.217. The molecule has 36 heavy (non-hydrogen) atoms. The molecule has 192 valence electrons. The van der Waals surface area contributed by atoms with Crippen LogP contribution in [0.1, 0.15) is 21.6 Å². The number of aryl methyl sites for hydroxylation is 1. The quantitative estimate of drug-likeness (QED) is 0.349. The highest BCUT2D eigenvalue weighted by molar-refractivity contribution is 5.97. The second-order valence-corrected chi connectivity index (χ2v) is 7.17. The van der Waals surface area contributed by atoms with Gasteiger partial charge in [0.05, 0.1) is 38.3 Å². The maximum atomic E-state index is 14.6. The van der Waals surface area contributed by atoms with Crippen LogP contribution in [0.25, 0.3) is 11.3 Å². The van der Waals surface area contributed by atoms with E-state index < -0.39 is 74.7 Å². The summed E-state index contributed by atoms with van der Waals surface area (Å²) in [5.41, 5.74) is -4.50. The molecule has 0 radical (unpaired) electrons. The van der Waals surface area contributed by atoms with Gasteiger partial charge in [0, 0.05) is 5.56 Å². The molecule has 0 atom stereocenters. The molecule has 13 heteroatoms. The third-order valence-electron chi connectivity index (χ3n) is 5.01. The van der Waals surface area contributed by atoms with Gasteiger partial charge in [-0.25, -0.2) is 13.6 Å². The molecule has 0 unspecified atom stereocenters. The van der Waals surface area contributed by atoms with Crippen molar-refractivity contribution in [3.63, 3.8) is 0 Å². The van der Waals surface area contributed by atoms with Crippen molar-refractivity contribution in [3.05, 3.63) is 68.8 Å². The molecule has 3 rings (SSSR count). The minimum absolute atomic E-state index is 0.0295. The highest BCUT2D eigenvalue weighted by Gasteiger charge is 2.37. The highest BCUT2D eigenvalue weighted by Crippen LogP contribution is 2.43. The number of halogens is 6. The van der Waals surface area contributed by atoms with Gasteiger partial charge < -0.3 is 23.9 Å². The van der Waals surface area contributed by atoms with Crippen LogP contribution in [0.5, 0.6) is 23.0 Å². The van der Waals surface area contributed by atoms with Gasteiger partial charge in [-0.3, -0.25) is 4.79 Å². The van der Waals surface area contributed by atoms with Gasteiger partial charge in [-0.2, -0.15) is 17.6 Å². The van der Waals surface area contributed by atoms with Crippen LogP contribution in [0.4, 0.5) is 26.3 Å². The maximum absolute atomic E-state index is 14.6. The van der Waals surface area contributed by atoms with Crippen molar-refractivity contribution in [2.24, 2.45) is 0 Å². The number of rotatable bonds is 6. The van der Waals surface area contributed by atoms with Crippen molar-refractivity contribution in [3.8, 4) is 34.3 Å². The number of hydrogen-bond donors (Lipinski definition) is 1. The lowest BCUT2D eigenvalue weighted by molar-refractivity contribution is -0.140. The molecule has 0 saturated heterocycles. The van der Waals surface area contributed by atoms with Crippen molar-refractivity contribution < 1.29 is 50.1 Å². The predicted molar refractivity (Wildman–Crippen MR) is 113 cm³/mol. The molecule has 1 N–H and O–H groups in total. The van der Waals surface area contributed by atoms with E-state index in [1.54, 1.807) is 0 Å². The Bertz CT molecular complexity index is 1400. The first-order chi connectivity index (χ1) is 16.8. The SMILES string of the molecule is COC(=O)c1c(-c2cc(F)c(C(F)(F)F)cc2Oc2ccc(F)c(F)c2OC)[nH]c(C)c(OC)c1=O. The van der Waals surface area contributed by atoms with Gasteiger partial charge >= 0.3 is 12.1 Å². The van der Waals surface area contributed by atoms with Gasteiger partial charge in [-0.15, -0.1) is 0 Å². The van der Waals surface area contributed by atoms with E-state index in [2.05, 4.69) is 9.72 Å². The number of carbonyl (C=O) groups is 1. The Hall–Kier alpha value is -4.16. The third kappa shape index (κ3) is 4.68. The lowest BCUT2D eigenvalue weighted by Crippen LogP contribution is -2.22. The number of benzene rings is 2. The summed E-state index contributed by atoms with van der Waals surface area (Å²) >= 11 is 0. The van der Waals surface area contributed by atoms with Gasteiger partial charge in [0.2, 0.25) is 17.0 Å². The monoisotopic (exact) mass is 517 g/mol. The standard InChI is InChI=1S/C23H17F6NO6/c1-9-20(33-2)19(31)16(22(32)35-4)18(30-9)10-7-13(25)11(23(27,28)29)8-15(10)36-14-6-5-12(24)17(26)21(14)34-3/h5-8H,1-4H3,(H,30,31). The van der Waals surface area contributed by atoms with Crippen molar-refractivity contribution in [2.75, 3.05) is 21.3 Å². The fourth-order valence-electron chi connectivity index (χ4n) is 3.40. The van der Waals surface area contributed by atoms with Gasteiger partial charge in [0.15, 0.2) is 17.3 Å². The zero-order valence-electron chi connectivity index (χ0n) is 19.0. The molecular formula is C23H17F6NO6. The Morgan fingerprint density at radius 2 is 1.56 bits per heavy atom. The van der Waals surface area contributed by atoms with Crippen molar-refractivity contribution in [1.82, 2.24) is 4.98 Å². The van der Waals surface area contributed by atoms with E-state index in [4.69, 9.17) is 14.2 Å². The number of alkyl halides is 3. The molecule has 1 heterocycles. The third-order valence-corrected chi connectivity index (χ3v) is 5.01. The highest BCUT2D eigenvalue weighted by atomic mass is 19.4. The van der Waals surface area contributed by atoms with Crippen LogP contribution in [0.2, 0.25) is 0 Å². The average Bonchev–Trinajstić information content (AvgIpc) is 2.81. The lowest BCUT2D eigenvalue weighted by atomic mass is 10.0. The molecule has 0 saturated carbocycles. The van der Waals surface area contributed by atoms with Crippen LogP contribution >= 0.6 is 0 Å². The zero-order valence-corrected chi connectivity index (χ0v) is 19.0. The largest absolute Gasteiger partial charge is 0.491 e. The molecule has 0 fully saturated rings. The van der Waals surface area contributed by atoms with Crippen LogP contribution in [0, 0.1) is 24.4 Å². The molecule has 0 amide bonds. The number of ether oxygens (including phenoxy) is 4. The predicted octanol–water partition coefficient (Wildman–Crippen LogP) is 5.38. The molecule has 0 aliphatic carbocycles. The number of esters is 1. The fourth-order valence-corrected chi connectivity index (χ4v) is 3.40.